The Morgan fingerprint density at radius 1 is 1.50 bits per heavy atom. The van der Waals surface area contributed by atoms with Crippen LogP contribution in [0.4, 0.5) is 13.2 Å². The number of nitrogens with one attached hydrogen (secondary N) is 1. The molecule has 1 atom stereocenters. The third-order valence-corrected chi connectivity index (χ3v) is 1.86. The molecule has 0 aliphatic carbocycles. The standard InChI is InChI=1S/C6H8F3NO3S/c1-14-2-3(4(11)12)10-5(13)6(7,8)9/h3H,2H2,1H3,(H,10,13)(H,11,12)/t3-/m0/s1. The van der Waals surface area contributed by atoms with Gasteiger partial charge in [-0.3, -0.25) is 4.79 Å². The lowest BCUT2D eigenvalue weighted by molar-refractivity contribution is -0.175. The van der Waals surface area contributed by atoms with Crippen molar-refractivity contribution in [1.29, 1.82) is 0 Å². The SMILES string of the molecule is CSC[C@H](NC(=O)C(F)(F)F)C(=O)O. The maximum absolute atomic E-state index is 11.7. The lowest BCUT2D eigenvalue weighted by Crippen LogP contribution is -2.48. The lowest BCUT2D eigenvalue weighted by Gasteiger charge is -2.14. The van der Waals surface area contributed by atoms with E-state index in [0.717, 1.165) is 11.8 Å². The van der Waals surface area contributed by atoms with Crippen molar-refractivity contribution in [2.75, 3.05) is 12.0 Å². The monoisotopic (exact) mass is 231 g/mol. The summed E-state index contributed by atoms with van der Waals surface area (Å²) in [7, 11) is 0. The van der Waals surface area contributed by atoms with Crippen LogP contribution in [0.15, 0.2) is 0 Å². The molecule has 0 radical (unpaired) electrons. The van der Waals surface area contributed by atoms with Crippen molar-refractivity contribution in [2.45, 2.75) is 12.2 Å². The number of alkyl halides is 3. The zero-order chi connectivity index (χ0) is 11.4. The Hall–Kier alpha value is -0.920. The van der Waals surface area contributed by atoms with Gasteiger partial charge >= 0.3 is 18.1 Å². The smallest absolute Gasteiger partial charge is 0.471 e. The van der Waals surface area contributed by atoms with Gasteiger partial charge in [0.15, 0.2) is 0 Å². The van der Waals surface area contributed by atoms with Crippen molar-refractivity contribution >= 4 is 23.6 Å². The van der Waals surface area contributed by atoms with Gasteiger partial charge < -0.3 is 10.4 Å². The number of rotatable bonds is 4. The van der Waals surface area contributed by atoms with E-state index < -0.39 is 24.1 Å². The molecule has 0 aliphatic rings. The fourth-order valence-corrected chi connectivity index (χ4v) is 1.14. The van der Waals surface area contributed by atoms with Gasteiger partial charge in [0.2, 0.25) is 0 Å². The summed E-state index contributed by atoms with van der Waals surface area (Å²) in [5.41, 5.74) is 0. The quantitative estimate of drug-likeness (QED) is 0.738. The fourth-order valence-electron chi connectivity index (χ4n) is 0.581. The van der Waals surface area contributed by atoms with Crippen LogP contribution in [-0.4, -0.2) is 41.2 Å². The van der Waals surface area contributed by atoms with E-state index in [0.29, 0.717) is 0 Å². The van der Waals surface area contributed by atoms with Crippen molar-refractivity contribution in [3.05, 3.63) is 0 Å². The van der Waals surface area contributed by atoms with E-state index in [2.05, 4.69) is 0 Å². The van der Waals surface area contributed by atoms with E-state index in [1.165, 1.54) is 11.6 Å². The van der Waals surface area contributed by atoms with Gasteiger partial charge in [-0.1, -0.05) is 0 Å². The molecule has 0 fully saturated rings. The summed E-state index contributed by atoms with van der Waals surface area (Å²) < 4.78 is 35.1. The van der Waals surface area contributed by atoms with Crippen molar-refractivity contribution in [1.82, 2.24) is 5.32 Å². The number of aliphatic carboxylic acids is 1. The summed E-state index contributed by atoms with van der Waals surface area (Å²) in [5.74, 6) is -3.84. The van der Waals surface area contributed by atoms with Gasteiger partial charge in [0.25, 0.3) is 0 Å². The number of carbonyl (C=O) groups excluding carboxylic acids is 1. The summed E-state index contributed by atoms with van der Waals surface area (Å²) in [6.45, 7) is 0. The zero-order valence-corrected chi connectivity index (χ0v) is 7.91. The van der Waals surface area contributed by atoms with Crippen molar-refractivity contribution < 1.29 is 27.9 Å². The van der Waals surface area contributed by atoms with Gasteiger partial charge in [-0.15, -0.1) is 0 Å². The molecule has 4 nitrogen and oxygen atoms in total. The van der Waals surface area contributed by atoms with E-state index >= 15 is 0 Å². The molecule has 0 saturated heterocycles. The van der Waals surface area contributed by atoms with Gasteiger partial charge in [0, 0.05) is 5.75 Å². The lowest BCUT2D eigenvalue weighted by atomic mass is 10.3. The molecule has 0 saturated carbocycles. The average molecular weight is 231 g/mol. The second-order valence-corrected chi connectivity index (χ2v) is 3.23. The molecule has 1 amide bonds. The third-order valence-electron chi connectivity index (χ3n) is 1.19. The Kier molecular flexibility index (Phi) is 4.75. The molecule has 2 N–H and O–H groups in total. The molecule has 0 aromatic carbocycles. The molecule has 8 heteroatoms. The van der Waals surface area contributed by atoms with Crippen LogP contribution in [0.1, 0.15) is 0 Å². The summed E-state index contributed by atoms with van der Waals surface area (Å²) >= 11 is 1.03. The zero-order valence-electron chi connectivity index (χ0n) is 7.09. The average Bonchev–Trinajstić information content (AvgIpc) is 2.01. The van der Waals surface area contributed by atoms with Gasteiger partial charge in [-0.2, -0.15) is 24.9 Å². The number of carboxylic acid groups (broad SMARTS) is 1. The highest BCUT2D eigenvalue weighted by Gasteiger charge is 2.40. The van der Waals surface area contributed by atoms with Crippen LogP contribution in [0.5, 0.6) is 0 Å². The predicted molar refractivity (Wildman–Crippen MR) is 44.0 cm³/mol. The molecule has 0 unspecified atom stereocenters. The highest BCUT2D eigenvalue weighted by molar-refractivity contribution is 7.98. The van der Waals surface area contributed by atoms with Gasteiger partial charge in [0.1, 0.15) is 6.04 Å². The summed E-state index contributed by atoms with van der Waals surface area (Å²) in [6.07, 6.45) is -3.53. The summed E-state index contributed by atoms with van der Waals surface area (Å²) in [4.78, 5) is 20.7. The number of carboxylic acids is 1. The number of amides is 1. The van der Waals surface area contributed by atoms with Gasteiger partial charge in [0.05, 0.1) is 0 Å². The van der Waals surface area contributed by atoms with Crippen LogP contribution in [0.25, 0.3) is 0 Å². The van der Waals surface area contributed by atoms with Crippen molar-refractivity contribution in [3.8, 4) is 0 Å². The minimum atomic E-state index is -5.05. The normalized spacial score (nSPS) is 13.4. The number of carbonyl (C=O) groups is 2. The molecular formula is C6H8F3NO3S. The number of halogens is 3. The van der Waals surface area contributed by atoms with Crippen molar-refractivity contribution in [2.24, 2.45) is 0 Å². The number of thioether (sulfide) groups is 1. The second-order valence-electron chi connectivity index (χ2n) is 2.32. The Morgan fingerprint density at radius 3 is 2.29 bits per heavy atom. The van der Waals surface area contributed by atoms with Gasteiger partial charge in [-0.25, -0.2) is 4.79 Å². The Morgan fingerprint density at radius 2 is 2.00 bits per heavy atom. The van der Waals surface area contributed by atoms with E-state index in [1.54, 1.807) is 0 Å². The first-order chi connectivity index (χ1) is 6.29. The number of hydrogen-bond acceptors (Lipinski definition) is 3. The minimum absolute atomic E-state index is 0.114. The van der Waals surface area contributed by atoms with Crippen LogP contribution in [0.2, 0.25) is 0 Å². The van der Waals surface area contributed by atoms with E-state index in [-0.39, 0.29) is 5.75 Å². The molecule has 0 aliphatic heterocycles. The minimum Gasteiger partial charge on any atom is -0.480 e. The fraction of sp³-hybridized carbons (Fsp3) is 0.667. The molecule has 0 aromatic rings. The van der Waals surface area contributed by atoms with E-state index in [4.69, 9.17) is 5.11 Å². The van der Waals surface area contributed by atoms with Crippen LogP contribution < -0.4 is 5.32 Å². The van der Waals surface area contributed by atoms with Crippen LogP contribution in [0.3, 0.4) is 0 Å². The first-order valence-corrected chi connectivity index (χ1v) is 4.78. The van der Waals surface area contributed by atoms with E-state index in [1.807, 2.05) is 0 Å². The Labute approximate surface area is 81.9 Å². The summed E-state index contributed by atoms with van der Waals surface area (Å²) in [5, 5.41) is 9.80. The van der Waals surface area contributed by atoms with Crippen LogP contribution in [0, 0.1) is 0 Å². The summed E-state index contributed by atoms with van der Waals surface area (Å²) in [6, 6.07) is -1.51. The van der Waals surface area contributed by atoms with Crippen LogP contribution >= 0.6 is 11.8 Å². The molecule has 0 spiro atoms. The predicted octanol–water partition coefficient (Wildman–Crippen LogP) is 0.481. The first-order valence-electron chi connectivity index (χ1n) is 3.38. The highest BCUT2D eigenvalue weighted by atomic mass is 32.2. The second kappa shape index (κ2) is 5.08. The largest absolute Gasteiger partial charge is 0.480 e. The molecule has 0 heterocycles. The third kappa shape index (κ3) is 4.35. The Bertz CT molecular complexity index is 231. The first kappa shape index (κ1) is 13.1. The van der Waals surface area contributed by atoms with Crippen LogP contribution in [-0.2, 0) is 9.59 Å². The Balaban J connectivity index is 4.31. The van der Waals surface area contributed by atoms with Gasteiger partial charge in [-0.05, 0) is 6.26 Å². The maximum atomic E-state index is 11.7. The van der Waals surface area contributed by atoms with Crippen molar-refractivity contribution in [3.63, 3.8) is 0 Å². The molecular weight excluding hydrogens is 223 g/mol. The number of hydrogen-bond donors (Lipinski definition) is 2. The topological polar surface area (TPSA) is 66.4 Å². The molecule has 0 aromatic heterocycles. The molecule has 0 rings (SSSR count). The molecule has 82 valence electrons. The van der Waals surface area contributed by atoms with E-state index in [9.17, 15) is 22.8 Å². The highest BCUT2D eigenvalue weighted by Crippen LogP contribution is 2.14. The molecule has 0 bridgehead atoms. The molecule has 14 heavy (non-hydrogen) atoms. The maximum Gasteiger partial charge on any atom is 0.471 e.